The molecule has 4 aromatic rings. The van der Waals surface area contributed by atoms with Crippen LogP contribution in [0.3, 0.4) is 0 Å². The highest BCUT2D eigenvalue weighted by Gasteiger charge is 2.12. The van der Waals surface area contributed by atoms with Crippen molar-refractivity contribution in [2.75, 3.05) is 17.7 Å². The van der Waals surface area contributed by atoms with Crippen molar-refractivity contribution in [3.8, 4) is 0 Å². The van der Waals surface area contributed by atoms with E-state index in [0.717, 1.165) is 28.1 Å². The number of carbonyl (C=O) groups is 2. The number of fused-ring (bicyclic) bond motifs is 1. The predicted molar refractivity (Wildman–Crippen MR) is 132 cm³/mol. The third-order valence-corrected chi connectivity index (χ3v) is 6.72. The molecule has 2 aromatic carbocycles. The lowest BCUT2D eigenvalue weighted by Gasteiger charge is -2.06. The SMILES string of the molecule is CCCCOC(=O)c1ccc(NC(=O)CSc2nnc(CCc3nc4ccccc4s3)o2)cc1. The Labute approximate surface area is 205 Å². The van der Waals surface area contributed by atoms with Crippen molar-refractivity contribution < 1.29 is 18.7 Å². The second-order valence-electron chi connectivity index (χ2n) is 7.44. The number of anilines is 1. The summed E-state index contributed by atoms with van der Waals surface area (Å²) in [6, 6.07) is 14.6. The summed E-state index contributed by atoms with van der Waals surface area (Å²) in [5.41, 5.74) is 2.04. The number of aromatic nitrogens is 3. The van der Waals surface area contributed by atoms with Gasteiger partial charge in [-0.1, -0.05) is 37.2 Å². The van der Waals surface area contributed by atoms with Gasteiger partial charge < -0.3 is 14.5 Å². The molecule has 0 unspecified atom stereocenters. The second kappa shape index (κ2) is 11.8. The smallest absolute Gasteiger partial charge is 0.338 e. The van der Waals surface area contributed by atoms with Crippen molar-refractivity contribution in [1.82, 2.24) is 15.2 Å². The van der Waals surface area contributed by atoms with Gasteiger partial charge in [-0.05, 0) is 42.8 Å². The number of nitrogens with zero attached hydrogens (tertiary/aromatic N) is 3. The molecule has 4 rings (SSSR count). The van der Waals surface area contributed by atoms with Gasteiger partial charge in [0.05, 0.1) is 33.1 Å². The lowest BCUT2D eigenvalue weighted by molar-refractivity contribution is -0.113. The molecule has 0 atom stereocenters. The first-order chi connectivity index (χ1) is 16.6. The van der Waals surface area contributed by atoms with E-state index in [0.29, 0.717) is 41.8 Å². The Balaban J connectivity index is 1.21. The van der Waals surface area contributed by atoms with Crippen LogP contribution in [0.15, 0.2) is 58.2 Å². The second-order valence-corrected chi connectivity index (χ2v) is 9.48. The van der Waals surface area contributed by atoms with Crippen molar-refractivity contribution in [3.05, 3.63) is 65.0 Å². The van der Waals surface area contributed by atoms with E-state index in [1.54, 1.807) is 35.6 Å². The molecule has 0 bridgehead atoms. The standard InChI is InChI=1S/C24H24N4O4S2/c1-2-3-14-31-23(30)16-8-10-17(11-9-16)25-20(29)15-33-24-28-27-21(32-24)12-13-22-26-18-6-4-5-7-19(18)34-22/h4-11H,2-3,12-15H2,1H3,(H,25,29). The average molecular weight is 497 g/mol. The normalized spacial score (nSPS) is 11.0. The molecule has 176 valence electrons. The van der Waals surface area contributed by atoms with Gasteiger partial charge in [0.2, 0.25) is 11.8 Å². The molecule has 0 saturated heterocycles. The number of amides is 1. The van der Waals surface area contributed by atoms with Gasteiger partial charge in [-0.25, -0.2) is 9.78 Å². The summed E-state index contributed by atoms with van der Waals surface area (Å²) in [4.78, 5) is 28.8. The Bertz CT molecular complexity index is 1220. The monoisotopic (exact) mass is 496 g/mol. The molecule has 0 spiro atoms. The van der Waals surface area contributed by atoms with Crippen molar-refractivity contribution in [2.45, 2.75) is 37.8 Å². The molecule has 1 amide bonds. The first-order valence-electron chi connectivity index (χ1n) is 11.0. The van der Waals surface area contributed by atoms with Crippen LogP contribution in [-0.4, -0.2) is 39.4 Å². The summed E-state index contributed by atoms with van der Waals surface area (Å²) in [6.07, 6.45) is 3.11. The fourth-order valence-corrected chi connectivity index (χ4v) is 4.59. The quantitative estimate of drug-likeness (QED) is 0.173. The number of benzene rings is 2. The zero-order chi connectivity index (χ0) is 23.8. The van der Waals surface area contributed by atoms with Gasteiger partial charge in [-0.2, -0.15) is 0 Å². The third-order valence-electron chi connectivity index (χ3n) is 4.80. The highest BCUT2D eigenvalue weighted by Crippen LogP contribution is 2.23. The highest BCUT2D eigenvalue weighted by molar-refractivity contribution is 7.99. The summed E-state index contributed by atoms with van der Waals surface area (Å²) in [6.45, 7) is 2.44. The van der Waals surface area contributed by atoms with Gasteiger partial charge in [0.15, 0.2) is 0 Å². The Morgan fingerprint density at radius 3 is 2.71 bits per heavy atom. The minimum absolute atomic E-state index is 0.125. The summed E-state index contributed by atoms with van der Waals surface area (Å²) < 4.78 is 12.0. The van der Waals surface area contributed by atoms with Gasteiger partial charge in [0, 0.05) is 18.5 Å². The number of thioether (sulfide) groups is 1. The lowest BCUT2D eigenvalue weighted by atomic mass is 10.2. The zero-order valence-electron chi connectivity index (χ0n) is 18.7. The van der Waals surface area contributed by atoms with Gasteiger partial charge in [0.1, 0.15) is 0 Å². The van der Waals surface area contributed by atoms with Crippen LogP contribution in [0.2, 0.25) is 0 Å². The molecule has 10 heteroatoms. The molecule has 0 fully saturated rings. The van der Waals surface area contributed by atoms with Crippen LogP contribution in [0, 0.1) is 0 Å². The first-order valence-corrected chi connectivity index (χ1v) is 12.8. The van der Waals surface area contributed by atoms with Gasteiger partial charge >= 0.3 is 5.97 Å². The largest absolute Gasteiger partial charge is 0.462 e. The minimum Gasteiger partial charge on any atom is -0.462 e. The molecule has 0 aliphatic carbocycles. The maximum Gasteiger partial charge on any atom is 0.338 e. The van der Waals surface area contributed by atoms with Crippen molar-refractivity contribution in [2.24, 2.45) is 0 Å². The van der Waals surface area contributed by atoms with Gasteiger partial charge in [0.25, 0.3) is 5.22 Å². The number of nitrogens with one attached hydrogen (secondary N) is 1. The van der Waals surface area contributed by atoms with Crippen molar-refractivity contribution in [1.29, 1.82) is 0 Å². The molecule has 0 aliphatic heterocycles. The van der Waals surface area contributed by atoms with Crippen molar-refractivity contribution in [3.63, 3.8) is 0 Å². The van der Waals surface area contributed by atoms with E-state index >= 15 is 0 Å². The van der Waals surface area contributed by atoms with Crippen LogP contribution in [0.4, 0.5) is 5.69 Å². The molecule has 0 aliphatic rings. The topological polar surface area (TPSA) is 107 Å². The van der Waals surface area contributed by atoms with Crippen LogP contribution in [0.5, 0.6) is 0 Å². The number of hydrogen-bond acceptors (Lipinski definition) is 9. The Kier molecular flexibility index (Phi) is 8.26. The number of esters is 1. The summed E-state index contributed by atoms with van der Waals surface area (Å²) in [5, 5.41) is 12.2. The fraction of sp³-hybridized carbons (Fsp3) is 0.292. The Morgan fingerprint density at radius 1 is 1.09 bits per heavy atom. The van der Waals surface area contributed by atoms with Crippen LogP contribution in [0.25, 0.3) is 10.2 Å². The van der Waals surface area contributed by atoms with Crippen molar-refractivity contribution >= 4 is 50.9 Å². The summed E-state index contributed by atoms with van der Waals surface area (Å²) in [7, 11) is 0. The molecule has 2 aromatic heterocycles. The number of ether oxygens (including phenoxy) is 1. The zero-order valence-corrected chi connectivity index (χ0v) is 20.3. The molecule has 1 N–H and O–H groups in total. The van der Waals surface area contributed by atoms with Gasteiger partial charge in [-0.3, -0.25) is 4.79 Å². The number of para-hydroxylation sites is 1. The molecule has 0 radical (unpaired) electrons. The third kappa shape index (κ3) is 6.64. The van der Waals surface area contributed by atoms with E-state index in [1.807, 2.05) is 25.1 Å². The van der Waals surface area contributed by atoms with Crippen LogP contribution >= 0.6 is 23.1 Å². The number of hydrogen-bond donors (Lipinski definition) is 1. The van der Waals surface area contributed by atoms with E-state index in [-0.39, 0.29) is 17.6 Å². The predicted octanol–water partition coefficient (Wildman–Crippen LogP) is 5.15. The van der Waals surface area contributed by atoms with Crippen LogP contribution < -0.4 is 5.32 Å². The minimum atomic E-state index is -0.364. The fourth-order valence-electron chi connectivity index (χ4n) is 3.04. The van der Waals surface area contributed by atoms with Gasteiger partial charge in [-0.15, -0.1) is 21.5 Å². The number of aryl methyl sites for hydroxylation is 2. The van der Waals surface area contributed by atoms with Crippen LogP contribution in [0.1, 0.15) is 41.0 Å². The molecule has 0 saturated carbocycles. The summed E-state index contributed by atoms with van der Waals surface area (Å²) in [5.74, 6) is 0.0682. The van der Waals surface area contributed by atoms with E-state index in [1.165, 1.54) is 11.8 Å². The Morgan fingerprint density at radius 2 is 1.91 bits per heavy atom. The molecule has 2 heterocycles. The average Bonchev–Trinajstić information content (AvgIpc) is 3.48. The number of carbonyl (C=O) groups excluding carboxylic acids is 2. The highest BCUT2D eigenvalue weighted by atomic mass is 32.2. The number of thiazole rings is 1. The van der Waals surface area contributed by atoms with E-state index in [2.05, 4.69) is 26.6 Å². The molecular weight excluding hydrogens is 472 g/mol. The Hall–Kier alpha value is -3.24. The lowest BCUT2D eigenvalue weighted by Crippen LogP contribution is -2.14. The molecule has 34 heavy (non-hydrogen) atoms. The number of rotatable bonds is 11. The van der Waals surface area contributed by atoms with E-state index in [9.17, 15) is 9.59 Å². The molecular formula is C24H24N4O4S2. The maximum atomic E-state index is 12.3. The van der Waals surface area contributed by atoms with E-state index in [4.69, 9.17) is 9.15 Å². The summed E-state index contributed by atoms with van der Waals surface area (Å²) >= 11 is 2.83. The molecule has 8 nitrogen and oxygen atoms in total. The van der Waals surface area contributed by atoms with E-state index < -0.39 is 0 Å². The van der Waals surface area contributed by atoms with Crippen LogP contribution in [-0.2, 0) is 22.4 Å². The maximum absolute atomic E-state index is 12.3. The first kappa shape index (κ1) is 23.9. The number of unbranched alkanes of at least 4 members (excludes halogenated alkanes) is 1.